The average molecular weight is 280 g/mol. The quantitative estimate of drug-likeness (QED) is 0.850. The summed E-state index contributed by atoms with van der Waals surface area (Å²) in [6, 6.07) is 6.66. The van der Waals surface area contributed by atoms with E-state index in [1.54, 1.807) is 31.2 Å². The fourth-order valence-electron chi connectivity index (χ4n) is 2.80. The van der Waals surface area contributed by atoms with Gasteiger partial charge in [0, 0.05) is 10.8 Å². The molecule has 1 heterocycles. The molecule has 0 spiro atoms. The largest absolute Gasteiger partial charge is 0.768 e. The molecular formula is C14H18NO3S-. The third-order valence-corrected chi connectivity index (χ3v) is 4.38. The van der Waals surface area contributed by atoms with Crippen molar-refractivity contribution in [3.05, 3.63) is 29.8 Å². The van der Waals surface area contributed by atoms with E-state index in [0.29, 0.717) is 5.92 Å². The summed E-state index contributed by atoms with van der Waals surface area (Å²) < 4.78 is 21.7. The summed E-state index contributed by atoms with van der Waals surface area (Å²) in [5.41, 5.74) is 0.925. The van der Waals surface area contributed by atoms with Crippen molar-refractivity contribution in [3.63, 3.8) is 0 Å². The molecule has 1 aromatic rings. The highest BCUT2D eigenvalue weighted by atomic mass is 32.2. The monoisotopic (exact) mass is 280 g/mol. The van der Waals surface area contributed by atoms with Gasteiger partial charge >= 0.3 is 0 Å². The van der Waals surface area contributed by atoms with Gasteiger partial charge in [-0.05, 0) is 67.5 Å². The molecule has 1 fully saturated rings. The number of hydrogen-bond donors (Lipinski definition) is 1. The lowest BCUT2D eigenvalue weighted by Gasteiger charge is -2.29. The van der Waals surface area contributed by atoms with Gasteiger partial charge in [-0.1, -0.05) is 12.1 Å². The van der Waals surface area contributed by atoms with Crippen LogP contribution < -0.4 is 5.32 Å². The maximum Gasteiger partial charge on any atom is 0.137 e. The minimum Gasteiger partial charge on any atom is -0.768 e. The second-order valence-electron chi connectivity index (χ2n) is 4.98. The highest BCUT2D eigenvalue weighted by Crippen LogP contribution is 2.32. The molecule has 0 radical (unpaired) electrons. The molecule has 19 heavy (non-hydrogen) atoms. The van der Waals surface area contributed by atoms with Crippen molar-refractivity contribution in [2.75, 3.05) is 13.1 Å². The summed E-state index contributed by atoms with van der Waals surface area (Å²) in [7, 11) is 0. The zero-order valence-electron chi connectivity index (χ0n) is 10.9. The molecule has 1 saturated heterocycles. The molecule has 2 unspecified atom stereocenters. The number of nitrogens with one attached hydrogen (secondary N) is 1. The molecule has 2 atom stereocenters. The summed E-state index contributed by atoms with van der Waals surface area (Å²) in [6.07, 6.45) is 1.97. The van der Waals surface area contributed by atoms with Crippen LogP contribution in [0.25, 0.3) is 0 Å². The number of benzene rings is 1. The number of ketones is 1. The Morgan fingerprint density at radius 2 is 1.89 bits per heavy atom. The van der Waals surface area contributed by atoms with Crippen molar-refractivity contribution in [2.24, 2.45) is 5.92 Å². The average Bonchev–Trinajstić information content (AvgIpc) is 2.40. The molecule has 0 amide bonds. The van der Waals surface area contributed by atoms with E-state index >= 15 is 0 Å². The van der Waals surface area contributed by atoms with Gasteiger partial charge in [0.05, 0.1) is 0 Å². The highest BCUT2D eigenvalue weighted by molar-refractivity contribution is 7.79. The smallest absolute Gasteiger partial charge is 0.137 e. The van der Waals surface area contributed by atoms with Crippen LogP contribution in [-0.2, 0) is 15.9 Å². The number of rotatable bonds is 4. The van der Waals surface area contributed by atoms with Crippen LogP contribution in [-0.4, -0.2) is 27.6 Å². The molecule has 104 valence electrons. The lowest BCUT2D eigenvalue weighted by Crippen LogP contribution is -2.33. The number of piperidine rings is 1. The first-order chi connectivity index (χ1) is 9.09. The Bertz CT molecular complexity index is 466. The van der Waals surface area contributed by atoms with E-state index in [2.05, 4.69) is 5.32 Å². The van der Waals surface area contributed by atoms with E-state index < -0.39 is 11.1 Å². The van der Waals surface area contributed by atoms with E-state index in [4.69, 9.17) is 0 Å². The van der Waals surface area contributed by atoms with E-state index in [0.717, 1.165) is 31.5 Å². The Morgan fingerprint density at radius 1 is 1.32 bits per heavy atom. The van der Waals surface area contributed by atoms with Gasteiger partial charge in [-0.2, -0.15) is 0 Å². The second-order valence-corrected chi connectivity index (χ2v) is 5.92. The van der Waals surface area contributed by atoms with Crippen LogP contribution in [0.3, 0.4) is 0 Å². The molecule has 0 bridgehead atoms. The van der Waals surface area contributed by atoms with Gasteiger partial charge in [-0.25, -0.2) is 0 Å². The minimum atomic E-state index is -2.21. The van der Waals surface area contributed by atoms with Crippen molar-refractivity contribution in [1.29, 1.82) is 0 Å². The fraction of sp³-hybridized carbons (Fsp3) is 0.500. The summed E-state index contributed by atoms with van der Waals surface area (Å²) >= 11 is -2.21. The summed E-state index contributed by atoms with van der Waals surface area (Å²) in [5.74, 6) is 0.390. The Balaban J connectivity index is 2.23. The van der Waals surface area contributed by atoms with Crippen molar-refractivity contribution in [1.82, 2.24) is 5.32 Å². The second kappa shape index (κ2) is 6.41. The van der Waals surface area contributed by atoms with Gasteiger partial charge in [0.25, 0.3) is 0 Å². The van der Waals surface area contributed by atoms with E-state index in [1.165, 1.54) is 0 Å². The first kappa shape index (κ1) is 14.4. The molecule has 1 aliphatic heterocycles. The number of carbonyl (C=O) groups is 1. The van der Waals surface area contributed by atoms with Crippen LogP contribution in [0, 0.1) is 5.92 Å². The van der Waals surface area contributed by atoms with Gasteiger partial charge < -0.3 is 9.87 Å². The van der Waals surface area contributed by atoms with Crippen LogP contribution in [0.4, 0.5) is 0 Å². The molecule has 0 aliphatic carbocycles. The number of carbonyl (C=O) groups excluding carboxylic acids is 1. The van der Waals surface area contributed by atoms with Crippen molar-refractivity contribution < 1.29 is 13.6 Å². The topological polar surface area (TPSA) is 69.2 Å². The Kier molecular flexibility index (Phi) is 4.85. The molecule has 4 nitrogen and oxygen atoms in total. The summed E-state index contributed by atoms with van der Waals surface area (Å²) in [4.78, 5) is 12.2. The Hall–Kier alpha value is -1.04. The summed E-state index contributed by atoms with van der Waals surface area (Å²) in [6.45, 7) is 3.50. The van der Waals surface area contributed by atoms with Crippen LogP contribution in [0.2, 0.25) is 0 Å². The maximum absolute atomic E-state index is 11.9. The third-order valence-electron chi connectivity index (χ3n) is 3.72. The zero-order chi connectivity index (χ0) is 13.8. The van der Waals surface area contributed by atoms with E-state index in [9.17, 15) is 13.6 Å². The third kappa shape index (κ3) is 3.49. The molecule has 0 aromatic heterocycles. The SMILES string of the molecule is CC(=O)C(c1ccc(S(=O)[O-])cc1)C1CCNCC1. The van der Waals surface area contributed by atoms with Gasteiger partial charge in [-0.3, -0.25) is 9.00 Å². The van der Waals surface area contributed by atoms with E-state index in [-0.39, 0.29) is 16.6 Å². The lowest BCUT2D eigenvalue weighted by molar-refractivity contribution is -0.119. The van der Waals surface area contributed by atoms with Gasteiger partial charge in [0.2, 0.25) is 0 Å². The summed E-state index contributed by atoms with van der Waals surface area (Å²) in [5, 5.41) is 3.29. The molecular weight excluding hydrogens is 262 g/mol. The van der Waals surface area contributed by atoms with Crippen LogP contribution in [0.5, 0.6) is 0 Å². The van der Waals surface area contributed by atoms with Crippen LogP contribution in [0.1, 0.15) is 31.2 Å². The molecule has 1 aromatic carbocycles. The van der Waals surface area contributed by atoms with Crippen LogP contribution in [0.15, 0.2) is 29.2 Å². The Morgan fingerprint density at radius 3 is 2.37 bits per heavy atom. The molecule has 1 N–H and O–H groups in total. The van der Waals surface area contributed by atoms with Gasteiger partial charge in [-0.15, -0.1) is 0 Å². The first-order valence-electron chi connectivity index (χ1n) is 6.50. The first-order valence-corrected chi connectivity index (χ1v) is 7.57. The fourth-order valence-corrected chi connectivity index (χ4v) is 3.16. The number of Topliss-reactive ketones (excluding diaryl/α,β-unsaturated/α-hetero) is 1. The zero-order valence-corrected chi connectivity index (χ0v) is 11.7. The van der Waals surface area contributed by atoms with Gasteiger partial charge in [0.15, 0.2) is 0 Å². The highest BCUT2D eigenvalue weighted by Gasteiger charge is 2.28. The molecule has 5 heteroatoms. The molecule has 1 aliphatic rings. The number of hydrogen-bond acceptors (Lipinski definition) is 4. The van der Waals surface area contributed by atoms with E-state index in [1.807, 2.05) is 0 Å². The lowest BCUT2D eigenvalue weighted by atomic mass is 9.78. The van der Waals surface area contributed by atoms with Crippen molar-refractivity contribution in [3.8, 4) is 0 Å². The Labute approximate surface area is 115 Å². The van der Waals surface area contributed by atoms with Gasteiger partial charge in [0.1, 0.15) is 5.78 Å². The normalized spacial score (nSPS) is 19.9. The molecule has 0 saturated carbocycles. The van der Waals surface area contributed by atoms with Crippen molar-refractivity contribution >= 4 is 16.9 Å². The van der Waals surface area contributed by atoms with Crippen molar-refractivity contribution in [2.45, 2.75) is 30.6 Å². The van der Waals surface area contributed by atoms with Crippen LogP contribution >= 0.6 is 0 Å². The predicted molar refractivity (Wildman–Crippen MR) is 72.6 cm³/mol. The maximum atomic E-state index is 11.9. The predicted octanol–water partition coefficient (Wildman–Crippen LogP) is 1.60. The molecule has 2 rings (SSSR count). The standard InChI is InChI=1S/C14H19NO3S/c1-10(16)14(12-6-8-15-9-7-12)11-2-4-13(5-3-11)19(17)18/h2-5,12,14-15H,6-9H2,1H3,(H,17,18)/p-1. The minimum absolute atomic E-state index is 0.115.